The number of ether oxygens (including phenoxy) is 1. The van der Waals surface area contributed by atoms with E-state index in [9.17, 15) is 13.2 Å². The highest BCUT2D eigenvalue weighted by molar-refractivity contribution is 7.89. The van der Waals surface area contributed by atoms with Gasteiger partial charge in [-0.05, 0) is 36.4 Å². The van der Waals surface area contributed by atoms with Gasteiger partial charge in [-0.1, -0.05) is 24.3 Å². The van der Waals surface area contributed by atoms with E-state index in [0.717, 1.165) is 22.5 Å². The summed E-state index contributed by atoms with van der Waals surface area (Å²) in [5.41, 5.74) is 2.09. The average Bonchev–Trinajstić information content (AvgIpc) is 3.13. The van der Waals surface area contributed by atoms with E-state index in [1.807, 2.05) is 38.1 Å². The number of benzene rings is 1. The number of carbonyl (C=O) groups excluding carboxylic acids is 1. The number of aryl methyl sites for hydroxylation is 1. The first-order chi connectivity index (χ1) is 12.4. The van der Waals surface area contributed by atoms with Crippen molar-refractivity contribution in [2.45, 2.75) is 24.8 Å². The number of amides is 1. The lowest BCUT2D eigenvalue weighted by atomic mass is 10.0. The highest BCUT2D eigenvalue weighted by Gasteiger charge is 2.31. The molecule has 6 nitrogen and oxygen atoms in total. The van der Waals surface area contributed by atoms with Crippen molar-refractivity contribution in [3.63, 3.8) is 0 Å². The topological polar surface area (TPSA) is 75.7 Å². The summed E-state index contributed by atoms with van der Waals surface area (Å²) in [4.78, 5) is 13.0. The summed E-state index contributed by atoms with van der Waals surface area (Å²) in [6.45, 7) is 5.23. The molecular weight excluding hydrogens is 372 g/mol. The zero-order valence-corrected chi connectivity index (χ0v) is 16.4. The zero-order chi connectivity index (χ0) is 18.7. The van der Waals surface area contributed by atoms with Crippen molar-refractivity contribution >= 4 is 27.3 Å². The van der Waals surface area contributed by atoms with Crippen molar-refractivity contribution in [2.24, 2.45) is 0 Å². The van der Waals surface area contributed by atoms with Crippen LogP contribution in [0.2, 0.25) is 0 Å². The molecule has 0 radical (unpaired) electrons. The third-order valence-electron chi connectivity index (χ3n) is 4.43. The molecule has 1 N–H and O–H groups in total. The molecule has 1 aromatic carbocycles. The van der Waals surface area contributed by atoms with Gasteiger partial charge in [-0.2, -0.15) is 4.31 Å². The van der Waals surface area contributed by atoms with E-state index < -0.39 is 10.0 Å². The normalized spacial score (nSPS) is 17.0. The SMILES string of the molecule is Cc1ccccc1C(C)NC(=O)c1sccc1S(=O)(=O)N1CCOCC1. The van der Waals surface area contributed by atoms with Crippen molar-refractivity contribution in [1.82, 2.24) is 9.62 Å². The molecule has 1 atom stereocenters. The predicted octanol–water partition coefficient (Wildman–Crippen LogP) is 2.57. The van der Waals surface area contributed by atoms with Crippen LogP contribution in [0.25, 0.3) is 0 Å². The molecule has 26 heavy (non-hydrogen) atoms. The van der Waals surface area contributed by atoms with Crippen molar-refractivity contribution < 1.29 is 17.9 Å². The molecule has 1 saturated heterocycles. The summed E-state index contributed by atoms with van der Waals surface area (Å²) in [6.07, 6.45) is 0. The van der Waals surface area contributed by atoms with Crippen molar-refractivity contribution in [2.75, 3.05) is 26.3 Å². The number of carbonyl (C=O) groups is 1. The van der Waals surface area contributed by atoms with Crippen LogP contribution in [-0.2, 0) is 14.8 Å². The number of hydrogen-bond acceptors (Lipinski definition) is 5. The first-order valence-corrected chi connectivity index (χ1v) is 10.7. The molecule has 1 amide bonds. The average molecular weight is 395 g/mol. The first-order valence-electron chi connectivity index (χ1n) is 8.43. The first kappa shape index (κ1) is 19.0. The number of thiophene rings is 1. The van der Waals surface area contributed by atoms with Crippen molar-refractivity contribution in [3.8, 4) is 0 Å². The molecule has 1 fully saturated rings. The molecule has 0 spiro atoms. The third kappa shape index (κ3) is 3.83. The van der Waals surface area contributed by atoms with E-state index in [4.69, 9.17) is 4.74 Å². The van der Waals surface area contributed by atoms with E-state index >= 15 is 0 Å². The number of nitrogens with one attached hydrogen (secondary N) is 1. The van der Waals surface area contributed by atoms with Gasteiger partial charge in [0.15, 0.2) is 0 Å². The molecule has 0 aliphatic carbocycles. The van der Waals surface area contributed by atoms with Crippen LogP contribution in [0.5, 0.6) is 0 Å². The van der Waals surface area contributed by atoms with Gasteiger partial charge in [-0.15, -0.1) is 11.3 Å². The molecule has 0 saturated carbocycles. The van der Waals surface area contributed by atoms with Gasteiger partial charge in [0.05, 0.1) is 19.3 Å². The molecule has 1 aliphatic rings. The number of morpholine rings is 1. The monoisotopic (exact) mass is 394 g/mol. The molecule has 1 unspecified atom stereocenters. The Hall–Kier alpha value is -1.74. The summed E-state index contributed by atoms with van der Waals surface area (Å²) < 4.78 is 32.4. The quantitative estimate of drug-likeness (QED) is 0.846. The van der Waals surface area contributed by atoms with Gasteiger partial charge in [0.2, 0.25) is 10.0 Å². The molecule has 8 heteroatoms. The second-order valence-electron chi connectivity index (χ2n) is 6.18. The van der Waals surface area contributed by atoms with E-state index in [1.165, 1.54) is 10.4 Å². The van der Waals surface area contributed by atoms with Gasteiger partial charge in [0.25, 0.3) is 5.91 Å². The second-order valence-corrected chi connectivity index (χ2v) is 9.00. The van der Waals surface area contributed by atoms with Crippen LogP contribution in [-0.4, -0.2) is 44.9 Å². The van der Waals surface area contributed by atoms with Crippen LogP contribution >= 0.6 is 11.3 Å². The number of nitrogens with zero attached hydrogens (tertiary/aromatic N) is 1. The Balaban J connectivity index is 1.81. The molecule has 0 bridgehead atoms. The minimum atomic E-state index is -3.70. The fourth-order valence-corrected chi connectivity index (χ4v) is 5.72. The maximum Gasteiger partial charge on any atom is 0.263 e. The molecule has 1 aromatic heterocycles. The Labute approximate surface area is 157 Å². The molecule has 140 valence electrons. The Morgan fingerprint density at radius 3 is 2.62 bits per heavy atom. The number of sulfonamides is 1. The van der Waals surface area contributed by atoms with E-state index in [-0.39, 0.29) is 21.7 Å². The highest BCUT2D eigenvalue weighted by atomic mass is 32.2. The molecular formula is C18H22N2O4S2. The fraction of sp³-hybridized carbons (Fsp3) is 0.389. The van der Waals surface area contributed by atoms with E-state index in [0.29, 0.717) is 26.3 Å². The molecule has 2 heterocycles. The lowest BCUT2D eigenvalue weighted by Gasteiger charge is -2.26. The summed E-state index contributed by atoms with van der Waals surface area (Å²) in [6, 6.07) is 9.09. The van der Waals surface area contributed by atoms with Gasteiger partial charge < -0.3 is 10.1 Å². The van der Waals surface area contributed by atoms with Crippen molar-refractivity contribution in [3.05, 3.63) is 51.7 Å². The Morgan fingerprint density at radius 2 is 1.92 bits per heavy atom. The van der Waals surface area contributed by atoms with Crippen LogP contribution in [0.15, 0.2) is 40.6 Å². The minimum absolute atomic E-state index is 0.0684. The van der Waals surface area contributed by atoms with Gasteiger partial charge in [-0.25, -0.2) is 8.42 Å². The minimum Gasteiger partial charge on any atom is -0.379 e. The highest BCUT2D eigenvalue weighted by Crippen LogP contribution is 2.27. The van der Waals surface area contributed by atoms with E-state index in [1.54, 1.807) is 5.38 Å². The van der Waals surface area contributed by atoms with Crippen LogP contribution in [0, 0.1) is 6.92 Å². The Morgan fingerprint density at radius 1 is 1.23 bits per heavy atom. The maximum absolute atomic E-state index is 12.9. The summed E-state index contributed by atoms with van der Waals surface area (Å²) in [7, 11) is -3.70. The largest absolute Gasteiger partial charge is 0.379 e. The second kappa shape index (κ2) is 7.87. The van der Waals surface area contributed by atoms with Crippen LogP contribution in [0.1, 0.15) is 33.8 Å². The van der Waals surface area contributed by atoms with Gasteiger partial charge in [-0.3, -0.25) is 4.79 Å². The van der Waals surface area contributed by atoms with Gasteiger partial charge in [0, 0.05) is 13.1 Å². The summed E-state index contributed by atoms with van der Waals surface area (Å²) >= 11 is 1.14. The van der Waals surface area contributed by atoms with Crippen LogP contribution in [0.4, 0.5) is 0 Å². The van der Waals surface area contributed by atoms with E-state index in [2.05, 4.69) is 5.32 Å². The van der Waals surface area contributed by atoms with Crippen LogP contribution in [0.3, 0.4) is 0 Å². The maximum atomic E-state index is 12.9. The predicted molar refractivity (Wildman–Crippen MR) is 101 cm³/mol. The fourth-order valence-electron chi connectivity index (χ4n) is 3.00. The molecule has 3 rings (SSSR count). The lowest BCUT2D eigenvalue weighted by Crippen LogP contribution is -2.41. The van der Waals surface area contributed by atoms with Crippen molar-refractivity contribution in [1.29, 1.82) is 0 Å². The lowest BCUT2D eigenvalue weighted by molar-refractivity contribution is 0.0730. The standard InChI is InChI=1S/C18H22N2O4S2/c1-13-5-3-4-6-15(13)14(2)19-18(21)17-16(7-12-25-17)26(22,23)20-8-10-24-11-9-20/h3-7,12,14H,8-11H2,1-2H3,(H,19,21). The van der Waals surface area contributed by atoms with Gasteiger partial charge in [0.1, 0.15) is 9.77 Å². The Bertz CT molecular complexity index is 886. The Kier molecular flexibility index (Phi) is 5.76. The van der Waals surface area contributed by atoms with Crippen LogP contribution < -0.4 is 5.32 Å². The van der Waals surface area contributed by atoms with Gasteiger partial charge >= 0.3 is 0 Å². The third-order valence-corrected chi connectivity index (χ3v) is 7.41. The smallest absolute Gasteiger partial charge is 0.263 e. The summed E-state index contributed by atoms with van der Waals surface area (Å²) in [5, 5.41) is 4.56. The molecule has 2 aromatic rings. The number of rotatable bonds is 5. The number of hydrogen-bond donors (Lipinski definition) is 1. The molecule has 1 aliphatic heterocycles. The zero-order valence-electron chi connectivity index (χ0n) is 14.8. The summed E-state index contributed by atoms with van der Waals surface area (Å²) in [5.74, 6) is -0.373.